The number of carbonyl (C=O) groups is 1. The van der Waals surface area contributed by atoms with E-state index in [1.807, 2.05) is 0 Å². The molecule has 9 heteroatoms. The highest BCUT2D eigenvalue weighted by molar-refractivity contribution is 7.07. The second-order valence-corrected chi connectivity index (χ2v) is 4.75. The molecule has 2 heterocycles. The van der Waals surface area contributed by atoms with Gasteiger partial charge in [-0.15, -0.1) is 11.3 Å². The van der Waals surface area contributed by atoms with Crippen LogP contribution in [0.5, 0.6) is 0 Å². The predicted molar refractivity (Wildman–Crippen MR) is 67.2 cm³/mol. The lowest BCUT2D eigenvalue weighted by atomic mass is 10.3. The Hall–Kier alpha value is -2.42. The molecule has 0 fully saturated rings. The van der Waals surface area contributed by atoms with Gasteiger partial charge in [0.1, 0.15) is 0 Å². The van der Waals surface area contributed by atoms with Gasteiger partial charge in [0, 0.05) is 5.38 Å². The van der Waals surface area contributed by atoms with E-state index < -0.39 is 12.1 Å². The molecule has 0 radical (unpaired) electrons. The first-order chi connectivity index (χ1) is 9.97. The summed E-state index contributed by atoms with van der Waals surface area (Å²) in [6.07, 6.45) is -5.08. The average Bonchev–Trinajstić information content (AvgIpc) is 3.05. The summed E-state index contributed by atoms with van der Waals surface area (Å²) >= 11 is 1.27. The molecule has 0 spiro atoms. The molecule has 1 N–H and O–H groups in total. The minimum absolute atomic E-state index is 0.162. The monoisotopic (exact) mass is 314 g/mol. The van der Waals surface area contributed by atoms with Crippen molar-refractivity contribution in [2.45, 2.75) is 6.18 Å². The van der Waals surface area contributed by atoms with Gasteiger partial charge in [0.15, 0.2) is 11.2 Å². The van der Waals surface area contributed by atoms with Gasteiger partial charge < -0.3 is 0 Å². The molecule has 0 amide bonds. The molecule has 1 aromatic carbocycles. The number of carbonyl (C=O) groups excluding carboxylic acids is 1. The quantitative estimate of drug-likeness (QED) is 0.737. The van der Waals surface area contributed by atoms with Crippen molar-refractivity contribution in [3.8, 4) is 11.5 Å². The number of hydrogen-bond acceptors (Lipinski definition) is 4. The summed E-state index contributed by atoms with van der Waals surface area (Å²) in [4.78, 5) is 22.5. The number of halogens is 3. The van der Waals surface area contributed by atoms with Crippen LogP contribution in [0.4, 0.5) is 13.2 Å². The maximum atomic E-state index is 12.4. The maximum Gasteiger partial charge on any atom is 0.495 e. The molecule has 3 rings (SSSR count). The minimum Gasteiger partial charge on any atom is -0.246 e. The number of fused-ring (bicyclic) bond motifs is 1. The number of nitrogens with zero attached hydrogens (tertiary/aromatic N) is 2. The smallest absolute Gasteiger partial charge is 0.246 e. The van der Waals surface area contributed by atoms with E-state index in [1.54, 1.807) is 23.6 Å². The van der Waals surface area contributed by atoms with Crippen LogP contribution in [0.15, 0.2) is 35.2 Å². The second kappa shape index (κ2) is 4.85. The zero-order chi connectivity index (χ0) is 15.0. The molecular weight excluding hydrogens is 307 g/mol. The van der Waals surface area contributed by atoms with Crippen molar-refractivity contribution in [1.82, 2.24) is 9.97 Å². The second-order valence-electron chi connectivity index (χ2n) is 4.04. The topological polar surface area (TPSA) is 58.9 Å². The number of H-pyrrole nitrogens is 1. The van der Waals surface area contributed by atoms with E-state index in [2.05, 4.69) is 14.8 Å². The molecule has 2 aromatic heterocycles. The minimum atomic E-state index is -5.08. The molecule has 0 aliphatic heterocycles. The first-order valence-electron chi connectivity index (χ1n) is 5.67. The number of hydrogen-bond donors (Lipinski definition) is 1. The summed E-state index contributed by atoms with van der Waals surface area (Å²) in [5, 5.41) is 1.63. The number of alkyl halides is 3. The Morgan fingerprint density at radius 2 is 2.10 bits per heavy atom. The first-order valence-corrected chi connectivity index (χ1v) is 6.62. The van der Waals surface area contributed by atoms with Crippen LogP contribution in [0.25, 0.3) is 22.6 Å². The fourth-order valence-corrected chi connectivity index (χ4v) is 2.32. The van der Waals surface area contributed by atoms with Crippen LogP contribution in [0.3, 0.4) is 0 Å². The van der Waals surface area contributed by atoms with Gasteiger partial charge >= 0.3 is 18.0 Å². The molecule has 3 aromatic rings. The van der Waals surface area contributed by atoms with Crippen molar-refractivity contribution in [3.63, 3.8) is 0 Å². The SMILES string of the molecule is O=C(O[n+]1c(-c2cscn2)[nH]c2ccccc21)C(F)(F)F. The van der Waals surface area contributed by atoms with Crippen LogP contribution < -0.4 is 9.57 Å². The third-order valence-corrected chi connectivity index (χ3v) is 3.25. The predicted octanol–water partition coefficient (Wildman–Crippen LogP) is 2.10. The van der Waals surface area contributed by atoms with Crippen LogP contribution in [0.2, 0.25) is 0 Å². The van der Waals surface area contributed by atoms with E-state index in [0.717, 1.165) is 4.73 Å². The lowest BCUT2D eigenvalue weighted by Crippen LogP contribution is -2.51. The lowest BCUT2D eigenvalue weighted by Gasteiger charge is -2.03. The molecule has 0 saturated carbocycles. The van der Waals surface area contributed by atoms with E-state index in [4.69, 9.17) is 0 Å². The summed E-state index contributed by atoms with van der Waals surface area (Å²) in [6, 6.07) is 6.52. The van der Waals surface area contributed by atoms with E-state index in [9.17, 15) is 18.0 Å². The fourth-order valence-electron chi connectivity index (χ4n) is 1.78. The number of para-hydroxylation sites is 2. The largest absolute Gasteiger partial charge is 0.495 e. The first kappa shape index (κ1) is 13.6. The summed E-state index contributed by atoms with van der Waals surface area (Å²) in [7, 11) is 0. The molecule has 0 atom stereocenters. The summed E-state index contributed by atoms with van der Waals surface area (Å²) in [5.74, 6) is -2.14. The Balaban J connectivity index is 2.15. The Morgan fingerprint density at radius 1 is 1.33 bits per heavy atom. The number of thiazole rings is 1. The van der Waals surface area contributed by atoms with Gasteiger partial charge in [0.25, 0.3) is 0 Å². The molecular formula is C12H7F3N3O2S+. The number of benzene rings is 1. The van der Waals surface area contributed by atoms with Gasteiger partial charge in [-0.3, -0.25) is 0 Å². The van der Waals surface area contributed by atoms with Crippen LogP contribution in [0, 0.1) is 0 Å². The van der Waals surface area contributed by atoms with Crippen molar-refractivity contribution in [2.75, 3.05) is 0 Å². The highest BCUT2D eigenvalue weighted by Crippen LogP contribution is 2.19. The van der Waals surface area contributed by atoms with Crippen LogP contribution in [-0.2, 0) is 4.79 Å². The normalized spacial score (nSPS) is 11.8. The molecule has 0 aliphatic carbocycles. The van der Waals surface area contributed by atoms with Crippen molar-refractivity contribution in [1.29, 1.82) is 0 Å². The Morgan fingerprint density at radius 3 is 2.76 bits per heavy atom. The fraction of sp³-hybridized carbons (Fsp3) is 0.0833. The molecule has 5 nitrogen and oxygen atoms in total. The number of aromatic nitrogens is 3. The van der Waals surface area contributed by atoms with Crippen molar-refractivity contribution < 1.29 is 27.5 Å². The third kappa shape index (κ3) is 2.47. The molecule has 0 unspecified atom stereocenters. The van der Waals surface area contributed by atoms with Crippen molar-refractivity contribution in [2.24, 2.45) is 0 Å². The van der Waals surface area contributed by atoms with E-state index in [1.165, 1.54) is 22.9 Å². The number of nitrogens with one attached hydrogen (secondary N) is 1. The highest BCUT2D eigenvalue weighted by atomic mass is 32.1. The summed E-state index contributed by atoms with van der Waals surface area (Å²) in [5.41, 5.74) is 2.73. The van der Waals surface area contributed by atoms with E-state index in [0.29, 0.717) is 16.7 Å². The van der Waals surface area contributed by atoms with E-state index >= 15 is 0 Å². The highest BCUT2D eigenvalue weighted by Gasteiger charge is 2.44. The van der Waals surface area contributed by atoms with Gasteiger partial charge in [-0.25, -0.2) is 19.6 Å². The molecule has 108 valence electrons. The van der Waals surface area contributed by atoms with Crippen LogP contribution >= 0.6 is 11.3 Å². The molecule has 21 heavy (non-hydrogen) atoms. The van der Waals surface area contributed by atoms with E-state index in [-0.39, 0.29) is 5.82 Å². The number of aromatic amines is 1. The summed E-state index contributed by atoms with van der Waals surface area (Å²) < 4.78 is 38.0. The zero-order valence-electron chi connectivity index (χ0n) is 10.2. The molecule has 0 saturated heterocycles. The van der Waals surface area contributed by atoms with Crippen molar-refractivity contribution in [3.05, 3.63) is 35.2 Å². The molecule has 0 aliphatic rings. The average molecular weight is 314 g/mol. The van der Waals surface area contributed by atoms with Gasteiger partial charge in [-0.05, 0) is 16.9 Å². The number of imidazole rings is 1. The Kier molecular flexibility index (Phi) is 3.13. The Labute approximate surface area is 119 Å². The standard InChI is InChI=1S/C12H6F3N3O2S/c13-12(14,15)11(19)20-18-9-4-2-1-3-7(9)17-10(18)8-5-21-6-16-8/h1-6H/p+1. The molecule has 0 bridgehead atoms. The summed E-state index contributed by atoms with van der Waals surface area (Å²) in [6.45, 7) is 0. The van der Waals surface area contributed by atoms with Crippen molar-refractivity contribution >= 4 is 28.3 Å². The Bertz CT molecular complexity index is 796. The van der Waals surface area contributed by atoms with Gasteiger partial charge in [0.2, 0.25) is 5.52 Å². The lowest BCUT2D eigenvalue weighted by molar-refractivity contribution is -0.841. The van der Waals surface area contributed by atoms with Gasteiger partial charge in [-0.1, -0.05) is 12.1 Å². The van der Waals surface area contributed by atoms with Gasteiger partial charge in [-0.2, -0.15) is 13.2 Å². The third-order valence-electron chi connectivity index (χ3n) is 2.66. The maximum absolute atomic E-state index is 12.4. The van der Waals surface area contributed by atoms with Crippen LogP contribution in [-0.4, -0.2) is 22.1 Å². The van der Waals surface area contributed by atoms with Crippen LogP contribution in [0.1, 0.15) is 0 Å². The zero-order valence-corrected chi connectivity index (χ0v) is 11.0. The number of rotatable bonds is 2. The van der Waals surface area contributed by atoms with Gasteiger partial charge in [0.05, 0.1) is 5.51 Å².